The Labute approximate surface area is 301 Å². The number of benzene rings is 2. The second-order valence-electron chi connectivity index (χ2n) is 11.6. The van der Waals surface area contributed by atoms with Gasteiger partial charge in [0, 0.05) is 69.4 Å². The smallest absolute Gasteiger partial charge is 0.315 e. The molecule has 2 aromatic carbocycles. The molecular weight excluding hydrogens is 764 g/mol. The highest BCUT2D eigenvalue weighted by molar-refractivity contribution is 9.11. The van der Waals surface area contributed by atoms with Crippen LogP contribution in [-0.4, -0.2) is 89.1 Å². The molecule has 0 aliphatic carbocycles. The maximum absolute atomic E-state index is 13.9. The molecule has 1 saturated heterocycles. The van der Waals surface area contributed by atoms with Crippen molar-refractivity contribution in [1.82, 2.24) is 25.8 Å². The molecule has 1 aromatic heterocycles. The van der Waals surface area contributed by atoms with Crippen LogP contribution >= 0.6 is 31.9 Å². The maximum atomic E-state index is 13.9. The number of nitrogens with zero attached hydrogens (tertiary/aromatic N) is 4. The highest BCUT2D eigenvalue weighted by Crippen LogP contribution is 2.33. The molecule has 1 aliphatic rings. The number of unbranched alkanes of at least 4 members (excludes halogenated alkanes) is 1. The Bertz CT molecular complexity index is 1580. The lowest BCUT2D eigenvalue weighted by Crippen LogP contribution is -2.58. The molecule has 0 spiro atoms. The van der Waals surface area contributed by atoms with Gasteiger partial charge < -0.3 is 36.6 Å². The van der Waals surface area contributed by atoms with Crippen LogP contribution in [0.25, 0.3) is 0 Å². The second-order valence-corrected chi connectivity index (χ2v) is 13.3. The van der Waals surface area contributed by atoms with Crippen LogP contribution in [0.1, 0.15) is 30.4 Å². The number of phenolic OH excluding ortho intramolecular Hbond substituents is 1. The van der Waals surface area contributed by atoms with E-state index in [0.717, 1.165) is 5.69 Å². The lowest BCUT2D eigenvalue weighted by atomic mass is 10.0. The summed E-state index contributed by atoms with van der Waals surface area (Å²) >= 11 is 6.63. The first kappa shape index (κ1) is 37.5. The van der Waals surface area contributed by atoms with Gasteiger partial charge in [-0.05, 0) is 99.5 Å². The monoisotopic (exact) mass is 802 g/mol. The topological polar surface area (TPSA) is 196 Å². The number of rotatable bonds is 15. The fourth-order valence-electron chi connectivity index (χ4n) is 5.52. The van der Waals surface area contributed by atoms with Gasteiger partial charge in [0.05, 0.1) is 13.9 Å². The molecule has 1 aliphatic heterocycles. The van der Waals surface area contributed by atoms with Crippen LogP contribution in [0.15, 0.2) is 69.9 Å². The van der Waals surface area contributed by atoms with Gasteiger partial charge in [-0.15, -0.1) is 0 Å². The Morgan fingerprint density at radius 1 is 0.959 bits per heavy atom. The minimum atomic E-state index is -1.09. The number of nitrogens with two attached hydrogens (primary N) is 1. The quantitative estimate of drug-likeness (QED) is 0.0866. The summed E-state index contributed by atoms with van der Waals surface area (Å²) in [5, 5.41) is 29.7. The molecule has 0 bridgehead atoms. The normalized spacial score (nSPS) is 14.1. The zero-order valence-electron chi connectivity index (χ0n) is 26.8. The van der Waals surface area contributed by atoms with Crippen molar-refractivity contribution in [3.63, 3.8) is 0 Å². The minimum absolute atomic E-state index is 0.00815. The van der Waals surface area contributed by atoms with Gasteiger partial charge in [0.15, 0.2) is 0 Å². The molecule has 1 fully saturated rings. The lowest BCUT2D eigenvalue weighted by Gasteiger charge is -2.37. The lowest BCUT2D eigenvalue weighted by molar-refractivity contribution is -0.384. The van der Waals surface area contributed by atoms with Crippen molar-refractivity contribution in [2.24, 2.45) is 5.73 Å². The number of nitro benzene ring substituents is 1. The number of carbonyl (C=O) groups is 3. The third-order valence-corrected chi connectivity index (χ3v) is 9.35. The predicted octanol–water partition coefficient (Wildman–Crippen LogP) is 3.64. The number of nitrogens with one attached hydrogen (secondary N) is 3. The van der Waals surface area contributed by atoms with E-state index in [2.05, 4.69) is 57.7 Å². The number of carbonyl (C=O) groups excluding carboxylic acids is 3. The van der Waals surface area contributed by atoms with Gasteiger partial charge in [-0.25, -0.2) is 4.79 Å². The number of nitro groups is 1. The number of hydrogen-bond acceptors (Lipinski definition) is 9. The van der Waals surface area contributed by atoms with E-state index in [1.807, 2.05) is 12.1 Å². The average molecular weight is 805 g/mol. The van der Waals surface area contributed by atoms with E-state index < -0.39 is 28.9 Å². The molecule has 0 unspecified atom stereocenters. The summed E-state index contributed by atoms with van der Waals surface area (Å²) in [7, 11) is 0. The minimum Gasteiger partial charge on any atom is -0.506 e. The Morgan fingerprint density at radius 2 is 1.65 bits per heavy atom. The Hall–Kier alpha value is -4.28. The summed E-state index contributed by atoms with van der Waals surface area (Å²) in [4.78, 5) is 59.4. The van der Waals surface area contributed by atoms with Gasteiger partial charge >= 0.3 is 6.03 Å². The fraction of sp³-hybridized carbons (Fsp3) is 0.394. The molecule has 0 saturated carbocycles. The predicted molar refractivity (Wildman–Crippen MR) is 192 cm³/mol. The van der Waals surface area contributed by atoms with Crippen molar-refractivity contribution in [3.8, 4) is 5.75 Å². The molecule has 16 heteroatoms. The van der Waals surface area contributed by atoms with Gasteiger partial charge in [0.25, 0.3) is 5.69 Å². The molecule has 2 atom stereocenters. The standard InChI is InChI=1S/C33H40Br2N8O6/c34-26-19-23(20-27(35)30(26)44)21-29(40-33(47)38-13-7-22-4-3-5-25(18-22)43(48)49)31(45)39-28(6-1-2-10-36)32(46)42-16-14-41(15-17-42)24-8-11-37-12-9-24/h3-5,8-9,11-12,18-20,28-29,44H,1-2,6-7,10,13-17,21,36H2,(H,39,45)(H2,38,40,47)/t28-,29+/m0/s1. The second kappa shape index (κ2) is 18.5. The van der Waals surface area contributed by atoms with Crippen molar-refractivity contribution < 1.29 is 24.4 Å². The fourth-order valence-corrected chi connectivity index (χ4v) is 6.80. The number of piperazine rings is 1. The molecule has 4 amide bonds. The maximum Gasteiger partial charge on any atom is 0.315 e. The number of pyridine rings is 1. The summed E-state index contributed by atoms with van der Waals surface area (Å²) in [6, 6.07) is 10.7. The van der Waals surface area contributed by atoms with E-state index in [9.17, 15) is 29.6 Å². The molecule has 4 rings (SSSR count). The summed E-state index contributed by atoms with van der Waals surface area (Å²) < 4.78 is 0.802. The van der Waals surface area contributed by atoms with Crippen molar-refractivity contribution >= 4 is 61.1 Å². The largest absolute Gasteiger partial charge is 0.506 e. The van der Waals surface area contributed by atoms with Gasteiger partial charge in [-0.3, -0.25) is 24.7 Å². The summed E-state index contributed by atoms with van der Waals surface area (Å²) in [5.41, 5.74) is 8.01. The first-order valence-corrected chi connectivity index (χ1v) is 17.5. The molecule has 2 heterocycles. The van der Waals surface area contributed by atoms with Crippen LogP contribution < -0.4 is 26.6 Å². The van der Waals surface area contributed by atoms with Gasteiger partial charge in [-0.2, -0.15) is 0 Å². The van der Waals surface area contributed by atoms with Crippen LogP contribution in [0, 0.1) is 10.1 Å². The third-order valence-electron chi connectivity index (χ3n) is 8.14. The van der Waals surface area contributed by atoms with E-state index in [1.165, 1.54) is 12.1 Å². The number of halogens is 2. The molecule has 6 N–H and O–H groups in total. The van der Waals surface area contributed by atoms with Gasteiger partial charge in [0.2, 0.25) is 11.8 Å². The number of aromatic hydroxyl groups is 1. The first-order valence-electron chi connectivity index (χ1n) is 15.9. The van der Waals surface area contributed by atoms with Crippen molar-refractivity contribution in [2.45, 2.75) is 44.2 Å². The molecule has 14 nitrogen and oxygen atoms in total. The number of phenols is 1. The SMILES string of the molecule is NCCCC[C@H](NC(=O)[C@@H](Cc1cc(Br)c(O)c(Br)c1)NC(=O)NCCc1cccc([N+](=O)[O-])c1)C(=O)N1CCN(c2ccncc2)CC1. The van der Waals surface area contributed by atoms with Crippen molar-refractivity contribution in [3.05, 3.63) is 91.1 Å². The van der Waals surface area contributed by atoms with E-state index in [0.29, 0.717) is 78.5 Å². The van der Waals surface area contributed by atoms with Crippen LogP contribution in [0.4, 0.5) is 16.2 Å². The van der Waals surface area contributed by atoms with Crippen LogP contribution in [0.3, 0.4) is 0 Å². The highest BCUT2D eigenvalue weighted by Gasteiger charge is 2.31. The molecule has 0 radical (unpaired) electrons. The van der Waals surface area contributed by atoms with Crippen LogP contribution in [-0.2, 0) is 22.4 Å². The summed E-state index contributed by atoms with van der Waals surface area (Å²) in [5.74, 6) is -0.753. The zero-order chi connectivity index (χ0) is 35.3. The average Bonchev–Trinajstić information content (AvgIpc) is 3.10. The number of urea groups is 1. The Balaban J connectivity index is 1.45. The third kappa shape index (κ3) is 11.1. The molecular formula is C33H40Br2N8O6. The van der Waals surface area contributed by atoms with E-state index >= 15 is 0 Å². The van der Waals surface area contributed by atoms with Gasteiger partial charge in [0.1, 0.15) is 17.8 Å². The van der Waals surface area contributed by atoms with Crippen LogP contribution in [0.2, 0.25) is 0 Å². The number of amides is 4. The van der Waals surface area contributed by atoms with E-state index in [1.54, 1.807) is 41.6 Å². The first-order chi connectivity index (χ1) is 23.5. The van der Waals surface area contributed by atoms with E-state index in [4.69, 9.17) is 5.73 Å². The summed E-state index contributed by atoms with van der Waals surface area (Å²) in [6.45, 7) is 2.83. The Morgan fingerprint density at radius 3 is 2.31 bits per heavy atom. The number of anilines is 1. The molecule has 49 heavy (non-hydrogen) atoms. The summed E-state index contributed by atoms with van der Waals surface area (Å²) in [6.07, 6.45) is 5.52. The van der Waals surface area contributed by atoms with Crippen molar-refractivity contribution in [2.75, 3.05) is 44.2 Å². The number of aromatic nitrogens is 1. The highest BCUT2D eigenvalue weighted by atomic mass is 79.9. The van der Waals surface area contributed by atoms with Crippen LogP contribution in [0.5, 0.6) is 5.75 Å². The molecule has 3 aromatic rings. The van der Waals surface area contributed by atoms with Crippen molar-refractivity contribution in [1.29, 1.82) is 0 Å². The Kier molecular flexibility index (Phi) is 14.2. The van der Waals surface area contributed by atoms with Gasteiger partial charge in [-0.1, -0.05) is 12.1 Å². The molecule has 262 valence electrons. The number of hydrogen-bond donors (Lipinski definition) is 5. The zero-order valence-corrected chi connectivity index (χ0v) is 30.0. The van der Waals surface area contributed by atoms with E-state index in [-0.39, 0.29) is 30.3 Å². The number of non-ortho nitro benzene ring substituents is 1.